The largest absolute Gasteiger partial charge is 0.446 e. The van der Waals surface area contributed by atoms with Crippen LogP contribution in [-0.2, 0) is 17.6 Å². The number of hydrogen-bond acceptors (Lipinski definition) is 7. The van der Waals surface area contributed by atoms with Crippen molar-refractivity contribution in [2.45, 2.75) is 51.2 Å². The highest BCUT2D eigenvalue weighted by Crippen LogP contribution is 2.39. The minimum atomic E-state index is -0.159. The van der Waals surface area contributed by atoms with Gasteiger partial charge in [-0.2, -0.15) is 5.26 Å². The number of nitrogens with one attached hydrogen (secondary N) is 1. The lowest BCUT2D eigenvalue weighted by Gasteiger charge is -2.17. The average molecular weight is 520 g/mol. The second-order valence-electron chi connectivity index (χ2n) is 7.88. The minimum Gasteiger partial charge on any atom is -0.446 e. The number of carbonyl (C=O) groups is 1. The number of thioether (sulfide) groups is 1. The molecule has 4 rings (SSSR count). The molecule has 1 atom stereocenters. The summed E-state index contributed by atoms with van der Waals surface area (Å²) in [4.78, 5) is 13.9. The first-order valence-electron chi connectivity index (χ1n) is 10.0. The summed E-state index contributed by atoms with van der Waals surface area (Å²) in [5.41, 5.74) is 1.74. The molecule has 1 unspecified atom stereocenters. The summed E-state index contributed by atoms with van der Waals surface area (Å²) in [7, 11) is 0. The van der Waals surface area contributed by atoms with E-state index in [0.717, 1.165) is 24.8 Å². The normalized spacial score (nSPS) is 15.7. The third-order valence-electron chi connectivity index (χ3n) is 5.18. The maximum Gasteiger partial charge on any atom is 0.235 e. The lowest BCUT2D eigenvalue weighted by atomic mass is 9.89. The first-order valence-corrected chi connectivity index (χ1v) is 12.6. The van der Waals surface area contributed by atoms with Gasteiger partial charge in [0.25, 0.3) is 0 Å². The van der Waals surface area contributed by atoms with E-state index in [-0.39, 0.29) is 17.7 Å². The van der Waals surface area contributed by atoms with Crippen molar-refractivity contribution in [3.05, 3.63) is 32.8 Å². The minimum absolute atomic E-state index is 0.0932. The second-order valence-corrected chi connectivity index (χ2v) is 10.7. The summed E-state index contributed by atoms with van der Waals surface area (Å²) in [6, 6.07) is 6.03. The zero-order valence-electron chi connectivity index (χ0n) is 17.4. The van der Waals surface area contributed by atoms with Crippen molar-refractivity contribution in [1.82, 2.24) is 14.8 Å². The van der Waals surface area contributed by atoms with Crippen LogP contribution < -0.4 is 5.32 Å². The molecule has 1 aliphatic carbocycles. The Morgan fingerprint density at radius 2 is 2.29 bits per heavy atom. The highest BCUT2D eigenvalue weighted by atomic mass is 79.9. The van der Waals surface area contributed by atoms with Crippen molar-refractivity contribution in [2.24, 2.45) is 5.92 Å². The maximum atomic E-state index is 12.7. The van der Waals surface area contributed by atoms with E-state index in [1.165, 1.54) is 28.0 Å². The number of fused-ring (bicyclic) bond motifs is 1. The van der Waals surface area contributed by atoms with E-state index in [1.807, 2.05) is 30.5 Å². The molecule has 10 heteroatoms. The van der Waals surface area contributed by atoms with Gasteiger partial charge in [-0.15, -0.1) is 21.5 Å². The number of thiophene rings is 1. The van der Waals surface area contributed by atoms with Gasteiger partial charge in [-0.05, 0) is 72.7 Å². The molecule has 31 heavy (non-hydrogen) atoms. The predicted octanol–water partition coefficient (Wildman–Crippen LogP) is 5.67. The Hall–Kier alpha value is -2.09. The molecule has 0 radical (unpaired) electrons. The van der Waals surface area contributed by atoms with Gasteiger partial charge in [-0.1, -0.05) is 18.7 Å². The molecule has 0 spiro atoms. The van der Waals surface area contributed by atoms with Gasteiger partial charge in [0.05, 0.1) is 11.3 Å². The van der Waals surface area contributed by atoms with E-state index in [0.29, 0.717) is 37.9 Å². The van der Waals surface area contributed by atoms with Crippen LogP contribution in [0.2, 0.25) is 0 Å². The SMILES string of the molecule is CC1CCc2c(sc(NC(=O)CSc3nnc(-c4ccc(Br)o4)n3C(C)C)c2C#N)C1. The molecule has 0 fully saturated rings. The fourth-order valence-corrected chi connectivity index (χ4v) is 6.24. The van der Waals surface area contributed by atoms with Crippen molar-refractivity contribution < 1.29 is 9.21 Å². The van der Waals surface area contributed by atoms with Crippen LogP contribution in [0.4, 0.5) is 5.00 Å². The lowest BCUT2D eigenvalue weighted by molar-refractivity contribution is -0.113. The summed E-state index contributed by atoms with van der Waals surface area (Å²) < 4.78 is 8.20. The van der Waals surface area contributed by atoms with Gasteiger partial charge in [-0.25, -0.2) is 0 Å². The summed E-state index contributed by atoms with van der Waals surface area (Å²) in [6.45, 7) is 6.29. The van der Waals surface area contributed by atoms with Crippen molar-refractivity contribution in [2.75, 3.05) is 11.1 Å². The third kappa shape index (κ3) is 4.59. The molecule has 0 saturated heterocycles. The van der Waals surface area contributed by atoms with Crippen molar-refractivity contribution in [3.8, 4) is 17.7 Å². The standard InChI is InChI=1S/C21H22BrN5O2S2/c1-11(2)27-19(15-6-7-17(22)29-15)25-26-21(27)30-10-18(28)24-20-14(9-23)13-5-4-12(3)8-16(13)31-20/h6-7,11-12H,4-5,8,10H2,1-3H3,(H,24,28). The number of amides is 1. The number of furan rings is 1. The molecule has 1 aliphatic rings. The highest BCUT2D eigenvalue weighted by Gasteiger charge is 2.25. The Morgan fingerprint density at radius 3 is 2.97 bits per heavy atom. The third-order valence-corrected chi connectivity index (χ3v) is 7.72. The molecular formula is C21H22BrN5O2S2. The summed E-state index contributed by atoms with van der Waals surface area (Å²) in [5, 5.41) is 22.4. The number of aromatic nitrogens is 3. The number of halogens is 1. The number of anilines is 1. The molecule has 0 aromatic carbocycles. The Balaban J connectivity index is 1.48. The van der Waals surface area contributed by atoms with E-state index >= 15 is 0 Å². The first-order chi connectivity index (χ1) is 14.9. The zero-order valence-corrected chi connectivity index (χ0v) is 20.7. The monoisotopic (exact) mass is 519 g/mol. The van der Waals surface area contributed by atoms with Crippen LogP contribution in [0.3, 0.4) is 0 Å². The number of nitriles is 1. The number of rotatable bonds is 6. The number of hydrogen-bond donors (Lipinski definition) is 1. The average Bonchev–Trinajstić information content (AvgIpc) is 3.41. The van der Waals surface area contributed by atoms with Crippen LogP contribution >= 0.6 is 39.0 Å². The zero-order chi connectivity index (χ0) is 22.1. The van der Waals surface area contributed by atoms with E-state index in [4.69, 9.17) is 4.42 Å². The lowest BCUT2D eigenvalue weighted by Crippen LogP contribution is -2.15. The summed E-state index contributed by atoms with van der Waals surface area (Å²) >= 11 is 6.17. The predicted molar refractivity (Wildman–Crippen MR) is 125 cm³/mol. The van der Waals surface area contributed by atoms with Gasteiger partial charge in [0.15, 0.2) is 15.6 Å². The van der Waals surface area contributed by atoms with Crippen molar-refractivity contribution in [1.29, 1.82) is 5.26 Å². The van der Waals surface area contributed by atoms with Crippen LogP contribution in [0.5, 0.6) is 0 Å². The molecule has 1 amide bonds. The van der Waals surface area contributed by atoms with Gasteiger partial charge < -0.3 is 9.73 Å². The van der Waals surface area contributed by atoms with Crippen LogP contribution in [0.15, 0.2) is 26.4 Å². The first kappa shape index (κ1) is 22.1. The van der Waals surface area contributed by atoms with Crippen molar-refractivity contribution >= 4 is 49.9 Å². The Bertz CT molecular complexity index is 1160. The molecule has 3 aromatic rings. The van der Waals surface area contributed by atoms with Gasteiger partial charge in [-0.3, -0.25) is 9.36 Å². The fraction of sp³-hybridized carbons (Fsp3) is 0.429. The number of nitrogens with zero attached hydrogens (tertiary/aromatic N) is 4. The summed E-state index contributed by atoms with van der Waals surface area (Å²) in [6.07, 6.45) is 2.97. The quantitative estimate of drug-likeness (QED) is 0.421. The second kappa shape index (κ2) is 9.18. The van der Waals surface area contributed by atoms with Gasteiger partial charge in [0.2, 0.25) is 11.7 Å². The van der Waals surface area contributed by atoms with E-state index in [1.54, 1.807) is 0 Å². The van der Waals surface area contributed by atoms with Crippen LogP contribution in [0.25, 0.3) is 11.6 Å². The molecule has 1 N–H and O–H groups in total. The smallest absolute Gasteiger partial charge is 0.235 e. The highest BCUT2D eigenvalue weighted by molar-refractivity contribution is 9.10. The van der Waals surface area contributed by atoms with Crippen LogP contribution in [-0.4, -0.2) is 26.4 Å². The molecule has 7 nitrogen and oxygen atoms in total. The van der Waals surface area contributed by atoms with E-state index < -0.39 is 0 Å². The van der Waals surface area contributed by atoms with Crippen LogP contribution in [0, 0.1) is 17.2 Å². The molecular weight excluding hydrogens is 498 g/mol. The molecule has 3 aromatic heterocycles. The van der Waals surface area contributed by atoms with Crippen molar-refractivity contribution in [3.63, 3.8) is 0 Å². The molecule has 0 aliphatic heterocycles. The molecule has 0 bridgehead atoms. The Morgan fingerprint density at radius 1 is 1.48 bits per heavy atom. The van der Waals surface area contributed by atoms with Gasteiger partial charge in [0, 0.05) is 10.9 Å². The van der Waals surface area contributed by atoms with E-state index in [2.05, 4.69) is 44.4 Å². The van der Waals surface area contributed by atoms with Gasteiger partial charge in [0.1, 0.15) is 11.1 Å². The maximum absolute atomic E-state index is 12.7. The Labute approximate surface area is 197 Å². The summed E-state index contributed by atoms with van der Waals surface area (Å²) in [5.74, 6) is 1.87. The van der Waals surface area contributed by atoms with E-state index in [9.17, 15) is 10.1 Å². The fourth-order valence-electron chi connectivity index (χ4n) is 3.69. The molecule has 0 saturated carbocycles. The van der Waals surface area contributed by atoms with Gasteiger partial charge >= 0.3 is 0 Å². The molecule has 162 valence electrons. The molecule has 3 heterocycles. The topological polar surface area (TPSA) is 96.7 Å². The number of carbonyl (C=O) groups excluding carboxylic acids is 1. The van der Waals surface area contributed by atoms with Crippen LogP contribution in [0.1, 0.15) is 49.2 Å². The Kier molecular flexibility index (Phi) is 6.55.